The molecule has 0 saturated carbocycles. The number of likely N-dealkylation sites (tertiary alicyclic amines) is 1. The fraction of sp³-hybridized carbons (Fsp3) is 0.667. The van der Waals surface area contributed by atoms with Gasteiger partial charge in [0.2, 0.25) is 0 Å². The molecule has 0 aromatic heterocycles. The summed E-state index contributed by atoms with van der Waals surface area (Å²) in [6, 6.07) is 5.44. The fourth-order valence-corrected chi connectivity index (χ4v) is 3.91. The largest absolute Gasteiger partial charge is 0.493 e. The Bertz CT molecular complexity index is 542. The van der Waals surface area contributed by atoms with Crippen LogP contribution in [0, 0.1) is 0 Å². The van der Waals surface area contributed by atoms with Gasteiger partial charge in [-0.25, -0.2) is 0 Å². The molecule has 0 amide bonds. The molecule has 2 saturated heterocycles. The lowest BCUT2D eigenvalue weighted by atomic mass is 10.1. The molecule has 24 heavy (non-hydrogen) atoms. The minimum absolute atomic E-state index is 0. The van der Waals surface area contributed by atoms with Gasteiger partial charge in [-0.2, -0.15) is 0 Å². The van der Waals surface area contributed by atoms with Crippen LogP contribution in [0.5, 0.6) is 11.5 Å². The summed E-state index contributed by atoms with van der Waals surface area (Å²) in [7, 11) is 1.67. The highest BCUT2D eigenvalue weighted by Gasteiger charge is 2.29. The van der Waals surface area contributed by atoms with Crippen molar-refractivity contribution in [1.29, 1.82) is 0 Å². The average molecular weight is 375 g/mol. The summed E-state index contributed by atoms with van der Waals surface area (Å²) in [6.45, 7) is 5.90. The molecule has 1 aromatic rings. The predicted octanol–water partition coefficient (Wildman–Crippen LogP) is 3.89. The average Bonchev–Trinajstić information content (AvgIpc) is 2.88. The number of benzene rings is 1. The van der Waals surface area contributed by atoms with Gasteiger partial charge in [0.25, 0.3) is 0 Å². The van der Waals surface area contributed by atoms with Gasteiger partial charge in [0.1, 0.15) is 0 Å². The van der Waals surface area contributed by atoms with Crippen molar-refractivity contribution >= 4 is 24.0 Å². The van der Waals surface area contributed by atoms with Crippen molar-refractivity contribution in [2.45, 2.75) is 51.2 Å². The van der Waals surface area contributed by atoms with Crippen molar-refractivity contribution in [3.63, 3.8) is 0 Å². The summed E-state index contributed by atoms with van der Waals surface area (Å²) in [6.07, 6.45) is 4.82. The van der Waals surface area contributed by atoms with Crippen LogP contribution in [0.3, 0.4) is 0 Å². The number of rotatable bonds is 6. The first kappa shape index (κ1) is 19.6. The van der Waals surface area contributed by atoms with Crippen LogP contribution in [0.1, 0.15) is 38.2 Å². The molecule has 0 radical (unpaired) electrons. The van der Waals surface area contributed by atoms with E-state index in [-0.39, 0.29) is 12.4 Å². The summed E-state index contributed by atoms with van der Waals surface area (Å²) in [5.74, 6) is 1.40. The van der Waals surface area contributed by atoms with Crippen LogP contribution in [-0.4, -0.2) is 43.8 Å². The third kappa shape index (κ3) is 4.69. The molecule has 2 heterocycles. The van der Waals surface area contributed by atoms with Crippen molar-refractivity contribution in [3.8, 4) is 11.5 Å². The van der Waals surface area contributed by atoms with Gasteiger partial charge >= 0.3 is 0 Å². The third-order valence-electron chi connectivity index (χ3n) is 4.75. The summed E-state index contributed by atoms with van der Waals surface area (Å²) < 4.78 is 11.2. The van der Waals surface area contributed by atoms with Crippen LogP contribution < -0.4 is 14.8 Å². The van der Waals surface area contributed by atoms with Crippen molar-refractivity contribution in [2.75, 3.05) is 26.8 Å². The predicted molar refractivity (Wildman–Crippen MR) is 101 cm³/mol. The molecule has 1 aromatic carbocycles. The maximum Gasteiger partial charge on any atom is 0.179 e. The zero-order valence-electron chi connectivity index (χ0n) is 14.5. The molecule has 0 spiro atoms. The van der Waals surface area contributed by atoms with E-state index in [4.69, 9.17) is 21.1 Å². The smallest absolute Gasteiger partial charge is 0.179 e. The summed E-state index contributed by atoms with van der Waals surface area (Å²) in [4.78, 5) is 2.52. The Balaban J connectivity index is 0.00000208. The number of methoxy groups -OCH3 is 1. The normalized spacial score (nSPS) is 23.5. The molecule has 2 aliphatic rings. The third-order valence-corrected chi connectivity index (χ3v) is 5.03. The van der Waals surface area contributed by atoms with E-state index in [1.807, 2.05) is 6.07 Å². The molecule has 2 atom stereocenters. The molecule has 6 heteroatoms. The Hall–Kier alpha value is -0.680. The number of ether oxygens (including phenoxy) is 2. The van der Waals surface area contributed by atoms with E-state index in [9.17, 15) is 0 Å². The van der Waals surface area contributed by atoms with Gasteiger partial charge in [-0.1, -0.05) is 18.5 Å². The van der Waals surface area contributed by atoms with Gasteiger partial charge < -0.3 is 14.8 Å². The summed E-state index contributed by atoms with van der Waals surface area (Å²) >= 11 is 6.43. The number of halogens is 2. The molecule has 2 aliphatic heterocycles. The van der Waals surface area contributed by atoms with Crippen LogP contribution in [0.15, 0.2) is 12.1 Å². The molecule has 0 aliphatic carbocycles. The van der Waals surface area contributed by atoms with Gasteiger partial charge in [-0.05, 0) is 43.4 Å². The molecule has 136 valence electrons. The van der Waals surface area contributed by atoms with E-state index in [0.717, 1.165) is 31.8 Å². The van der Waals surface area contributed by atoms with Crippen LogP contribution in [-0.2, 0) is 6.54 Å². The first-order chi connectivity index (χ1) is 11.2. The topological polar surface area (TPSA) is 33.7 Å². The van der Waals surface area contributed by atoms with E-state index >= 15 is 0 Å². The molecule has 4 nitrogen and oxygen atoms in total. The van der Waals surface area contributed by atoms with E-state index in [1.54, 1.807) is 7.11 Å². The van der Waals surface area contributed by atoms with Crippen LogP contribution in [0.4, 0.5) is 0 Å². The zero-order chi connectivity index (χ0) is 16.2. The lowest BCUT2D eigenvalue weighted by Gasteiger charge is -2.24. The van der Waals surface area contributed by atoms with Gasteiger partial charge in [-0.15, -0.1) is 12.4 Å². The number of hydrogen-bond donors (Lipinski definition) is 1. The molecule has 1 N–H and O–H groups in total. The number of nitrogens with one attached hydrogen (secondary N) is 1. The highest BCUT2D eigenvalue weighted by atomic mass is 35.5. The minimum atomic E-state index is 0. The Labute approximate surface area is 156 Å². The van der Waals surface area contributed by atoms with Crippen molar-refractivity contribution in [3.05, 3.63) is 22.7 Å². The minimum Gasteiger partial charge on any atom is -0.493 e. The van der Waals surface area contributed by atoms with Gasteiger partial charge in [0.15, 0.2) is 11.5 Å². The van der Waals surface area contributed by atoms with E-state index in [2.05, 4.69) is 23.2 Å². The van der Waals surface area contributed by atoms with Gasteiger partial charge in [0, 0.05) is 31.7 Å². The SMILES string of the molecule is CCCOc1c(Cl)cc(CN2CCC3CCC(C2)N3)cc1OC.Cl. The van der Waals surface area contributed by atoms with Crippen LogP contribution in [0.25, 0.3) is 0 Å². The fourth-order valence-electron chi connectivity index (χ4n) is 3.63. The van der Waals surface area contributed by atoms with Gasteiger partial charge in [-0.3, -0.25) is 4.90 Å². The number of hydrogen-bond acceptors (Lipinski definition) is 4. The monoisotopic (exact) mass is 374 g/mol. The lowest BCUT2D eigenvalue weighted by molar-refractivity contribution is 0.250. The molecule has 2 fully saturated rings. The van der Waals surface area contributed by atoms with E-state index in [1.165, 1.54) is 24.8 Å². The Morgan fingerprint density at radius 2 is 2.04 bits per heavy atom. The highest BCUT2D eigenvalue weighted by Crippen LogP contribution is 2.37. The Morgan fingerprint density at radius 1 is 1.25 bits per heavy atom. The number of fused-ring (bicyclic) bond motifs is 2. The number of nitrogens with zero attached hydrogens (tertiary/aromatic N) is 1. The maximum atomic E-state index is 6.43. The molecule has 3 rings (SSSR count). The van der Waals surface area contributed by atoms with Crippen molar-refractivity contribution in [2.24, 2.45) is 0 Å². The first-order valence-electron chi connectivity index (χ1n) is 8.67. The van der Waals surface area contributed by atoms with Crippen molar-refractivity contribution in [1.82, 2.24) is 10.2 Å². The standard InChI is InChI=1S/C18H27ClN2O2.ClH/c1-3-8-23-18-16(19)9-13(10-17(18)22-2)11-21-7-6-14-4-5-15(12-21)20-14;/h9-10,14-15,20H,3-8,11-12H2,1-2H3;1H. The van der Waals surface area contributed by atoms with Crippen molar-refractivity contribution < 1.29 is 9.47 Å². The lowest BCUT2D eigenvalue weighted by Crippen LogP contribution is -2.34. The first-order valence-corrected chi connectivity index (χ1v) is 9.05. The Kier molecular flexibility index (Phi) is 7.48. The summed E-state index contributed by atoms with van der Waals surface area (Å²) in [5.41, 5.74) is 1.19. The van der Waals surface area contributed by atoms with Gasteiger partial charge in [0.05, 0.1) is 18.7 Å². The quantitative estimate of drug-likeness (QED) is 0.818. The molecule has 2 bridgehead atoms. The highest BCUT2D eigenvalue weighted by molar-refractivity contribution is 6.32. The second-order valence-electron chi connectivity index (χ2n) is 6.62. The van der Waals surface area contributed by atoms with Crippen LogP contribution in [0.2, 0.25) is 5.02 Å². The Morgan fingerprint density at radius 3 is 2.79 bits per heavy atom. The van der Waals surface area contributed by atoms with Crippen LogP contribution >= 0.6 is 24.0 Å². The van der Waals surface area contributed by atoms with E-state index in [0.29, 0.717) is 29.5 Å². The zero-order valence-corrected chi connectivity index (χ0v) is 16.1. The second-order valence-corrected chi connectivity index (χ2v) is 7.03. The summed E-state index contributed by atoms with van der Waals surface area (Å²) in [5, 5.41) is 4.36. The maximum absolute atomic E-state index is 6.43. The second kappa shape index (κ2) is 9.14. The molecular weight excluding hydrogens is 347 g/mol. The molecular formula is C18H28Cl2N2O2. The molecule has 2 unspecified atom stereocenters. The van der Waals surface area contributed by atoms with E-state index < -0.39 is 0 Å².